The van der Waals surface area contributed by atoms with Crippen LogP contribution in [0.3, 0.4) is 0 Å². The minimum atomic E-state index is -0.331. The van der Waals surface area contributed by atoms with Gasteiger partial charge in [-0.15, -0.1) is 11.8 Å². The summed E-state index contributed by atoms with van der Waals surface area (Å²) < 4.78 is 13.2. The molecular weight excluding hydrogens is 363 g/mol. The van der Waals surface area contributed by atoms with Crippen molar-refractivity contribution in [1.82, 2.24) is 9.80 Å². The number of unbranched alkanes of at least 4 members (excludes halogenated alkanes) is 3. The maximum absolute atomic E-state index is 13.2. The number of halogens is 1. The highest BCUT2D eigenvalue weighted by Gasteiger charge is 2.46. The lowest BCUT2D eigenvalue weighted by atomic mass is 10.00. The number of rotatable bonds is 6. The quantitative estimate of drug-likeness (QED) is 0.678. The molecule has 1 spiro atoms. The van der Waals surface area contributed by atoms with Crippen LogP contribution in [-0.2, 0) is 4.79 Å². The molecule has 27 heavy (non-hydrogen) atoms. The highest BCUT2D eigenvalue weighted by Crippen LogP contribution is 2.44. The standard InChI is InChI=1S/C21H29FN2O2S/c1-2-3-4-5-6-19(25)23-13-11-21(12-14-23)24(15-16-27-21)20(26)17-7-9-18(22)10-8-17/h7-10H,2-6,11-16H2,1H3. The monoisotopic (exact) mass is 392 g/mol. The van der Waals surface area contributed by atoms with Crippen molar-refractivity contribution >= 4 is 23.6 Å². The Labute approximate surface area is 165 Å². The molecule has 0 radical (unpaired) electrons. The lowest BCUT2D eigenvalue weighted by Gasteiger charge is -2.44. The molecule has 0 saturated carbocycles. The van der Waals surface area contributed by atoms with Gasteiger partial charge in [0.1, 0.15) is 5.82 Å². The van der Waals surface area contributed by atoms with Crippen molar-refractivity contribution in [2.75, 3.05) is 25.4 Å². The number of hydrogen-bond donors (Lipinski definition) is 0. The summed E-state index contributed by atoms with van der Waals surface area (Å²) in [6.45, 7) is 4.32. The first-order valence-electron chi connectivity index (χ1n) is 10.0. The number of carbonyl (C=O) groups excluding carboxylic acids is 2. The summed E-state index contributed by atoms with van der Waals surface area (Å²) in [5.74, 6) is 0.806. The lowest BCUT2D eigenvalue weighted by molar-refractivity contribution is -0.132. The molecule has 0 aliphatic carbocycles. The third-order valence-electron chi connectivity index (χ3n) is 5.66. The van der Waals surface area contributed by atoms with Gasteiger partial charge in [-0.3, -0.25) is 9.59 Å². The maximum Gasteiger partial charge on any atom is 0.254 e. The van der Waals surface area contributed by atoms with Crippen LogP contribution in [-0.4, -0.2) is 51.9 Å². The molecule has 2 aliphatic rings. The second-order valence-corrected chi connectivity index (χ2v) is 8.91. The smallest absolute Gasteiger partial charge is 0.254 e. The summed E-state index contributed by atoms with van der Waals surface area (Å²) in [6, 6.07) is 5.79. The van der Waals surface area contributed by atoms with Gasteiger partial charge in [0.15, 0.2) is 0 Å². The van der Waals surface area contributed by atoms with Gasteiger partial charge in [0.25, 0.3) is 5.91 Å². The van der Waals surface area contributed by atoms with Gasteiger partial charge in [0.2, 0.25) is 5.91 Å². The van der Waals surface area contributed by atoms with Gasteiger partial charge in [-0.25, -0.2) is 4.39 Å². The molecular formula is C21H29FN2O2S. The Kier molecular flexibility index (Phi) is 6.79. The number of piperidine rings is 1. The van der Waals surface area contributed by atoms with Crippen LogP contribution in [0.2, 0.25) is 0 Å². The van der Waals surface area contributed by atoms with Gasteiger partial charge in [-0.2, -0.15) is 0 Å². The van der Waals surface area contributed by atoms with Crippen LogP contribution >= 0.6 is 11.8 Å². The van der Waals surface area contributed by atoms with Crippen molar-refractivity contribution in [2.24, 2.45) is 0 Å². The molecule has 148 valence electrons. The summed E-state index contributed by atoms with van der Waals surface area (Å²) in [6.07, 6.45) is 6.71. The van der Waals surface area contributed by atoms with E-state index < -0.39 is 0 Å². The fourth-order valence-corrected chi connectivity index (χ4v) is 5.48. The van der Waals surface area contributed by atoms with E-state index in [1.165, 1.54) is 25.0 Å². The first kappa shape index (κ1) is 20.2. The fraction of sp³-hybridized carbons (Fsp3) is 0.619. The second-order valence-electron chi connectivity index (χ2n) is 7.45. The molecule has 0 aromatic heterocycles. The van der Waals surface area contributed by atoms with Crippen molar-refractivity contribution in [3.8, 4) is 0 Å². The molecule has 4 nitrogen and oxygen atoms in total. The van der Waals surface area contributed by atoms with Crippen LogP contribution < -0.4 is 0 Å². The average molecular weight is 393 g/mol. The third kappa shape index (κ3) is 4.65. The second kappa shape index (κ2) is 9.09. The highest BCUT2D eigenvalue weighted by atomic mass is 32.2. The largest absolute Gasteiger partial charge is 0.342 e. The lowest BCUT2D eigenvalue weighted by Crippen LogP contribution is -2.53. The molecule has 0 bridgehead atoms. The number of amides is 2. The predicted octanol–water partition coefficient (Wildman–Crippen LogP) is 4.30. The molecule has 2 saturated heterocycles. The van der Waals surface area contributed by atoms with E-state index in [0.29, 0.717) is 31.6 Å². The van der Waals surface area contributed by atoms with E-state index in [1.54, 1.807) is 12.1 Å². The molecule has 6 heteroatoms. The van der Waals surface area contributed by atoms with Gasteiger partial charge in [0.05, 0.1) is 4.87 Å². The van der Waals surface area contributed by atoms with Crippen molar-refractivity contribution in [2.45, 2.75) is 56.7 Å². The first-order chi connectivity index (χ1) is 13.1. The molecule has 2 heterocycles. The number of thioether (sulfide) groups is 1. The number of likely N-dealkylation sites (tertiary alicyclic amines) is 1. The number of hydrogen-bond acceptors (Lipinski definition) is 3. The van der Waals surface area contributed by atoms with Gasteiger partial charge >= 0.3 is 0 Å². The Morgan fingerprint density at radius 2 is 1.78 bits per heavy atom. The summed E-state index contributed by atoms with van der Waals surface area (Å²) in [4.78, 5) is 29.1. The summed E-state index contributed by atoms with van der Waals surface area (Å²) in [5, 5.41) is 0. The molecule has 3 rings (SSSR count). The topological polar surface area (TPSA) is 40.6 Å². The summed E-state index contributed by atoms with van der Waals surface area (Å²) in [7, 11) is 0. The zero-order valence-electron chi connectivity index (χ0n) is 16.1. The molecule has 0 atom stereocenters. The number of carbonyl (C=O) groups is 2. The van der Waals surface area contributed by atoms with Crippen LogP contribution in [0, 0.1) is 5.82 Å². The number of nitrogens with zero attached hydrogens (tertiary/aromatic N) is 2. The van der Waals surface area contributed by atoms with Crippen LogP contribution in [0.5, 0.6) is 0 Å². The maximum atomic E-state index is 13.2. The number of benzene rings is 1. The molecule has 1 aromatic rings. The van der Waals surface area contributed by atoms with Crippen LogP contribution in [0.4, 0.5) is 4.39 Å². The van der Waals surface area contributed by atoms with Gasteiger partial charge in [-0.05, 0) is 43.5 Å². The van der Waals surface area contributed by atoms with E-state index in [4.69, 9.17) is 0 Å². The predicted molar refractivity (Wildman–Crippen MR) is 107 cm³/mol. The Balaban J connectivity index is 1.58. The van der Waals surface area contributed by atoms with Gasteiger partial charge in [-0.1, -0.05) is 26.2 Å². The van der Waals surface area contributed by atoms with Gasteiger partial charge in [0, 0.05) is 37.4 Å². The zero-order chi connectivity index (χ0) is 19.3. The molecule has 1 aromatic carbocycles. The average Bonchev–Trinajstić information content (AvgIpc) is 3.08. The minimum Gasteiger partial charge on any atom is -0.342 e. The molecule has 2 fully saturated rings. The summed E-state index contributed by atoms with van der Waals surface area (Å²) >= 11 is 1.83. The normalized spacial score (nSPS) is 18.9. The third-order valence-corrected chi connectivity index (χ3v) is 7.21. The van der Waals surface area contributed by atoms with Crippen molar-refractivity contribution in [1.29, 1.82) is 0 Å². The van der Waals surface area contributed by atoms with Crippen LogP contribution in [0.25, 0.3) is 0 Å². The molecule has 2 aliphatic heterocycles. The van der Waals surface area contributed by atoms with E-state index in [-0.39, 0.29) is 22.5 Å². The zero-order valence-corrected chi connectivity index (χ0v) is 16.9. The first-order valence-corrected chi connectivity index (χ1v) is 11.0. The van der Waals surface area contributed by atoms with Crippen LogP contribution in [0.15, 0.2) is 24.3 Å². The van der Waals surface area contributed by atoms with E-state index in [1.807, 2.05) is 21.6 Å². The van der Waals surface area contributed by atoms with Crippen molar-refractivity contribution in [3.63, 3.8) is 0 Å². The van der Waals surface area contributed by atoms with Gasteiger partial charge < -0.3 is 9.80 Å². The van der Waals surface area contributed by atoms with Crippen molar-refractivity contribution < 1.29 is 14.0 Å². The molecule has 0 unspecified atom stereocenters. The summed E-state index contributed by atoms with van der Waals surface area (Å²) in [5.41, 5.74) is 0.535. The van der Waals surface area contributed by atoms with E-state index in [9.17, 15) is 14.0 Å². The van der Waals surface area contributed by atoms with E-state index in [2.05, 4.69) is 6.92 Å². The molecule has 2 amide bonds. The van der Waals surface area contributed by atoms with Crippen LogP contribution in [0.1, 0.15) is 62.2 Å². The van der Waals surface area contributed by atoms with E-state index in [0.717, 1.165) is 31.4 Å². The highest BCUT2D eigenvalue weighted by molar-refractivity contribution is 8.00. The SMILES string of the molecule is CCCCCCC(=O)N1CCC2(CC1)SCCN2C(=O)c1ccc(F)cc1. The Morgan fingerprint density at radius 1 is 1.07 bits per heavy atom. The minimum absolute atomic E-state index is 0.0284. The fourth-order valence-electron chi connectivity index (χ4n) is 4.02. The Bertz CT molecular complexity index is 657. The van der Waals surface area contributed by atoms with Crippen molar-refractivity contribution in [3.05, 3.63) is 35.6 Å². The molecule has 0 N–H and O–H groups in total. The Hall–Kier alpha value is -1.56. The Morgan fingerprint density at radius 3 is 2.44 bits per heavy atom. The van der Waals surface area contributed by atoms with E-state index >= 15 is 0 Å².